The molecule has 29 heavy (non-hydrogen) atoms. The number of carbonyl (C=O) groups is 2. The predicted molar refractivity (Wildman–Crippen MR) is 95.1 cm³/mol. The quantitative estimate of drug-likeness (QED) is 0.612. The Morgan fingerprint density at radius 2 is 2.14 bits per heavy atom. The molecule has 0 aliphatic heterocycles. The van der Waals surface area contributed by atoms with Crippen molar-refractivity contribution < 1.29 is 27.2 Å². The molecule has 0 spiro atoms. The first-order valence-electron chi connectivity index (χ1n) is 8.81. The van der Waals surface area contributed by atoms with Crippen molar-refractivity contribution in [2.75, 3.05) is 5.32 Å². The summed E-state index contributed by atoms with van der Waals surface area (Å²) in [6.45, 7) is 1.75. The Kier molecular flexibility index (Phi) is 4.52. The van der Waals surface area contributed by atoms with Crippen LogP contribution in [-0.2, 0) is 4.79 Å². The summed E-state index contributed by atoms with van der Waals surface area (Å²) >= 11 is 0. The zero-order chi connectivity index (χ0) is 20.8. The fourth-order valence-corrected chi connectivity index (χ4v) is 3.12. The van der Waals surface area contributed by atoms with Gasteiger partial charge in [-0.05, 0) is 43.4 Å². The Morgan fingerprint density at radius 3 is 2.79 bits per heavy atom. The molecule has 11 heteroatoms. The highest BCUT2D eigenvalue weighted by Crippen LogP contribution is 2.40. The van der Waals surface area contributed by atoms with E-state index in [9.17, 15) is 22.8 Å². The van der Waals surface area contributed by atoms with Gasteiger partial charge in [0.25, 0.3) is 5.91 Å². The minimum atomic E-state index is -4.53. The van der Waals surface area contributed by atoms with Gasteiger partial charge in [0.2, 0.25) is 12.2 Å². The first kappa shape index (κ1) is 19.0. The maximum atomic E-state index is 13.2. The van der Waals surface area contributed by atoms with Gasteiger partial charge in [0.15, 0.2) is 11.6 Å². The van der Waals surface area contributed by atoms with Gasteiger partial charge in [-0.25, -0.2) is 9.50 Å². The van der Waals surface area contributed by atoms with Gasteiger partial charge in [-0.2, -0.15) is 18.3 Å². The molecule has 0 aromatic carbocycles. The number of imidazole rings is 1. The number of nitrogens with zero attached hydrogens (tertiary/aromatic N) is 3. The van der Waals surface area contributed by atoms with Crippen molar-refractivity contribution in [2.45, 2.75) is 32.0 Å². The second-order valence-electron chi connectivity index (χ2n) is 6.85. The van der Waals surface area contributed by atoms with E-state index in [-0.39, 0.29) is 11.7 Å². The molecule has 1 fully saturated rings. The van der Waals surface area contributed by atoms with Crippen LogP contribution in [0.15, 0.2) is 28.8 Å². The number of fused-ring (bicyclic) bond motifs is 1. The van der Waals surface area contributed by atoms with Crippen LogP contribution in [0.1, 0.15) is 29.0 Å². The predicted octanol–water partition coefficient (Wildman–Crippen LogP) is 2.94. The third kappa shape index (κ3) is 3.67. The largest absolute Gasteiger partial charge is 0.439 e. The molecule has 4 rings (SSSR count). The smallest absolute Gasteiger partial charge is 0.408 e. The van der Waals surface area contributed by atoms with Gasteiger partial charge in [0.05, 0.1) is 11.7 Å². The minimum Gasteiger partial charge on any atom is -0.439 e. The number of rotatable bonds is 6. The van der Waals surface area contributed by atoms with E-state index >= 15 is 0 Å². The molecule has 1 aliphatic carbocycles. The fourth-order valence-electron chi connectivity index (χ4n) is 3.12. The highest BCUT2D eigenvalue weighted by molar-refractivity contribution is 5.92. The number of halogens is 3. The molecular formula is C18H16F3N5O3. The molecule has 3 heterocycles. The van der Waals surface area contributed by atoms with Crippen LogP contribution < -0.4 is 10.6 Å². The van der Waals surface area contributed by atoms with E-state index in [1.54, 1.807) is 19.1 Å². The van der Waals surface area contributed by atoms with Crippen molar-refractivity contribution in [3.05, 3.63) is 35.8 Å². The van der Waals surface area contributed by atoms with E-state index in [1.807, 2.05) is 0 Å². The van der Waals surface area contributed by atoms with Gasteiger partial charge < -0.3 is 9.73 Å². The Balaban J connectivity index is 1.69. The number of hydrogen-bond acceptors (Lipinski definition) is 5. The molecule has 0 bridgehead atoms. The molecule has 3 aromatic rings. The molecule has 152 valence electrons. The number of alkyl halides is 3. The molecule has 1 aliphatic rings. The number of aromatic nitrogens is 3. The molecule has 1 atom stereocenters. The molecule has 2 N–H and O–H groups in total. The summed E-state index contributed by atoms with van der Waals surface area (Å²) in [6.07, 6.45) is -1.86. The Morgan fingerprint density at radius 1 is 1.38 bits per heavy atom. The fraction of sp³-hybridized carbons (Fsp3) is 0.333. The summed E-state index contributed by atoms with van der Waals surface area (Å²) in [5, 5.41) is 8.71. The van der Waals surface area contributed by atoms with E-state index in [4.69, 9.17) is 4.42 Å². The lowest BCUT2D eigenvalue weighted by Crippen LogP contribution is -2.47. The zero-order valence-corrected chi connectivity index (χ0v) is 15.2. The minimum absolute atomic E-state index is 0.204. The lowest BCUT2D eigenvalue weighted by Gasteiger charge is -2.20. The van der Waals surface area contributed by atoms with Gasteiger partial charge in [0, 0.05) is 6.07 Å². The first-order chi connectivity index (χ1) is 13.8. The standard InChI is InChI=1S/C18H16F3N5O3/c1-9-6-11(13-4-5-14(29-13)23-8-27)25-26-12(9)7-22-16(26)17(28)24-15(10-2-3-10)18(19,20)21/h4-8,10,15H,2-3H2,1H3,(H,23,27)(H,24,28)/t15-/m0/s1. The summed E-state index contributed by atoms with van der Waals surface area (Å²) in [7, 11) is 0. The van der Waals surface area contributed by atoms with Crippen molar-refractivity contribution >= 4 is 23.7 Å². The number of amides is 2. The van der Waals surface area contributed by atoms with Gasteiger partial charge in [-0.1, -0.05) is 0 Å². The lowest BCUT2D eigenvalue weighted by atomic mass is 10.2. The van der Waals surface area contributed by atoms with Crippen LogP contribution in [0, 0.1) is 12.8 Å². The second-order valence-corrected chi connectivity index (χ2v) is 6.85. The average Bonchev–Trinajstić information content (AvgIpc) is 3.20. The van der Waals surface area contributed by atoms with Gasteiger partial charge in [-0.15, -0.1) is 0 Å². The first-order valence-corrected chi connectivity index (χ1v) is 8.81. The number of hydrogen-bond donors (Lipinski definition) is 2. The van der Waals surface area contributed by atoms with Crippen LogP contribution in [0.25, 0.3) is 17.0 Å². The van der Waals surface area contributed by atoms with E-state index in [1.165, 1.54) is 16.8 Å². The molecule has 0 radical (unpaired) electrons. The van der Waals surface area contributed by atoms with Crippen LogP contribution in [0.4, 0.5) is 19.1 Å². The summed E-state index contributed by atoms with van der Waals surface area (Å²) in [5.74, 6) is -1.30. The molecular weight excluding hydrogens is 391 g/mol. The maximum Gasteiger partial charge on any atom is 0.408 e. The van der Waals surface area contributed by atoms with Crippen molar-refractivity contribution in [2.24, 2.45) is 5.92 Å². The summed E-state index contributed by atoms with van der Waals surface area (Å²) in [6, 6.07) is 2.87. The van der Waals surface area contributed by atoms with Crippen molar-refractivity contribution in [3.8, 4) is 11.5 Å². The Hall–Kier alpha value is -3.37. The molecule has 0 unspecified atom stereocenters. The van der Waals surface area contributed by atoms with Gasteiger partial charge >= 0.3 is 6.18 Å². The molecule has 1 saturated carbocycles. The van der Waals surface area contributed by atoms with Crippen LogP contribution in [0.3, 0.4) is 0 Å². The van der Waals surface area contributed by atoms with E-state index in [0.717, 1.165) is 0 Å². The van der Waals surface area contributed by atoms with Crippen LogP contribution >= 0.6 is 0 Å². The van der Waals surface area contributed by atoms with Crippen LogP contribution in [-0.4, -0.2) is 39.1 Å². The number of aryl methyl sites for hydroxylation is 1. The zero-order valence-electron chi connectivity index (χ0n) is 15.2. The summed E-state index contributed by atoms with van der Waals surface area (Å²) in [4.78, 5) is 27.0. The average molecular weight is 407 g/mol. The molecule has 2 amide bonds. The number of carbonyl (C=O) groups excluding carboxylic acids is 2. The van der Waals surface area contributed by atoms with Gasteiger partial charge in [-0.3, -0.25) is 14.9 Å². The lowest BCUT2D eigenvalue weighted by molar-refractivity contribution is -0.158. The third-order valence-electron chi connectivity index (χ3n) is 4.70. The van der Waals surface area contributed by atoms with E-state index in [0.29, 0.717) is 41.8 Å². The monoisotopic (exact) mass is 407 g/mol. The van der Waals surface area contributed by atoms with Gasteiger partial charge in [0.1, 0.15) is 11.7 Å². The SMILES string of the molecule is Cc1cc(-c2ccc(NC=O)o2)nn2c(C(=O)N[C@@H](C3CC3)C(F)(F)F)ncc12. The number of furan rings is 1. The van der Waals surface area contributed by atoms with Crippen molar-refractivity contribution in [1.29, 1.82) is 0 Å². The highest BCUT2D eigenvalue weighted by atomic mass is 19.4. The normalized spacial score (nSPS) is 15.3. The number of nitrogens with one attached hydrogen (secondary N) is 2. The summed E-state index contributed by atoms with van der Waals surface area (Å²) < 4.78 is 46.4. The van der Waals surface area contributed by atoms with Crippen molar-refractivity contribution in [3.63, 3.8) is 0 Å². The van der Waals surface area contributed by atoms with Crippen molar-refractivity contribution in [1.82, 2.24) is 19.9 Å². The topological polar surface area (TPSA) is 102 Å². The Labute approximate surface area is 162 Å². The molecule has 0 saturated heterocycles. The van der Waals surface area contributed by atoms with E-state index in [2.05, 4.69) is 20.7 Å². The Bertz CT molecular complexity index is 1080. The second kappa shape index (κ2) is 6.90. The third-order valence-corrected chi connectivity index (χ3v) is 4.70. The maximum absolute atomic E-state index is 13.2. The summed E-state index contributed by atoms with van der Waals surface area (Å²) in [5.41, 5.74) is 1.50. The highest BCUT2D eigenvalue weighted by Gasteiger charge is 2.50. The van der Waals surface area contributed by atoms with E-state index < -0.39 is 24.0 Å². The molecule has 8 nitrogen and oxygen atoms in total. The van der Waals surface area contributed by atoms with Crippen LogP contribution in [0.2, 0.25) is 0 Å². The number of anilines is 1. The molecule has 3 aromatic heterocycles. The van der Waals surface area contributed by atoms with Crippen LogP contribution in [0.5, 0.6) is 0 Å².